The number of fused-ring (bicyclic) bond motifs is 7. The summed E-state index contributed by atoms with van der Waals surface area (Å²) in [6, 6.07) is 39.7. The number of hydrogen-bond donors (Lipinski definition) is 1. The molecule has 0 aliphatic heterocycles. The van der Waals surface area contributed by atoms with Crippen molar-refractivity contribution in [2.45, 2.75) is 25.7 Å². The Balaban J connectivity index is 1.25. The van der Waals surface area contributed by atoms with Crippen molar-refractivity contribution in [3.8, 4) is 33.4 Å². The van der Waals surface area contributed by atoms with Crippen LogP contribution in [-0.4, -0.2) is 0 Å². The largest absolute Gasteiger partial charge is 0.356 e. The zero-order valence-electron chi connectivity index (χ0n) is 20.1. The summed E-state index contributed by atoms with van der Waals surface area (Å²) in [7, 11) is 0. The van der Waals surface area contributed by atoms with Crippen LogP contribution < -0.4 is 5.32 Å². The highest BCUT2D eigenvalue weighted by Gasteiger charge is 2.40. The summed E-state index contributed by atoms with van der Waals surface area (Å²) in [5, 5.41) is 3.64. The number of nitrogens with one attached hydrogen (secondary N) is 1. The van der Waals surface area contributed by atoms with Crippen LogP contribution in [0.2, 0.25) is 0 Å². The molecule has 35 heavy (non-hydrogen) atoms. The van der Waals surface area contributed by atoms with Crippen LogP contribution in [0, 0.1) is 0 Å². The second-order valence-electron chi connectivity index (χ2n) is 10.3. The van der Waals surface area contributed by atoms with E-state index < -0.39 is 0 Å². The van der Waals surface area contributed by atoms with Crippen molar-refractivity contribution in [3.05, 3.63) is 131 Å². The Morgan fingerprint density at radius 1 is 0.571 bits per heavy atom. The van der Waals surface area contributed by atoms with Crippen molar-refractivity contribution >= 4 is 11.4 Å². The van der Waals surface area contributed by atoms with Gasteiger partial charge in [0.1, 0.15) is 0 Å². The molecule has 0 saturated heterocycles. The molecule has 0 atom stereocenters. The van der Waals surface area contributed by atoms with Gasteiger partial charge in [-0.05, 0) is 86.3 Å². The molecule has 1 heteroatoms. The Kier molecular flexibility index (Phi) is 4.32. The monoisotopic (exact) mass is 449 g/mol. The molecule has 5 aromatic rings. The summed E-state index contributed by atoms with van der Waals surface area (Å²) in [4.78, 5) is 0. The van der Waals surface area contributed by atoms with Gasteiger partial charge < -0.3 is 5.32 Å². The van der Waals surface area contributed by atoms with E-state index in [4.69, 9.17) is 0 Å². The molecule has 1 nitrogen and oxygen atoms in total. The first-order valence-electron chi connectivity index (χ1n) is 12.4. The highest BCUT2D eigenvalue weighted by molar-refractivity contribution is 5.93. The second-order valence-corrected chi connectivity index (χ2v) is 10.3. The quantitative estimate of drug-likeness (QED) is 0.284. The number of anilines is 2. The third kappa shape index (κ3) is 3.08. The van der Waals surface area contributed by atoms with E-state index in [-0.39, 0.29) is 5.41 Å². The molecule has 0 unspecified atom stereocenters. The van der Waals surface area contributed by atoms with E-state index in [0.29, 0.717) is 0 Å². The van der Waals surface area contributed by atoms with Crippen LogP contribution in [0.25, 0.3) is 33.4 Å². The lowest BCUT2D eigenvalue weighted by Gasteiger charge is -2.25. The molecule has 7 rings (SSSR count). The maximum Gasteiger partial charge on any atom is 0.0387 e. The maximum absolute atomic E-state index is 3.64. The Labute approximate surface area is 207 Å². The maximum atomic E-state index is 3.64. The fourth-order valence-electron chi connectivity index (χ4n) is 6.15. The van der Waals surface area contributed by atoms with Crippen molar-refractivity contribution in [1.82, 2.24) is 0 Å². The molecule has 0 saturated carbocycles. The fourth-order valence-corrected chi connectivity index (χ4v) is 6.15. The summed E-state index contributed by atoms with van der Waals surface area (Å²) in [5.74, 6) is 0. The van der Waals surface area contributed by atoms with Crippen molar-refractivity contribution in [3.63, 3.8) is 0 Å². The fraction of sp³-hybridized carbons (Fsp3) is 0.118. The molecule has 0 amide bonds. The predicted octanol–water partition coefficient (Wildman–Crippen LogP) is 8.97. The first-order chi connectivity index (χ1) is 17.1. The van der Waals surface area contributed by atoms with Gasteiger partial charge in [0, 0.05) is 16.8 Å². The first-order valence-corrected chi connectivity index (χ1v) is 12.4. The Morgan fingerprint density at radius 2 is 1.26 bits per heavy atom. The van der Waals surface area contributed by atoms with Crippen LogP contribution in [0.5, 0.6) is 0 Å². The van der Waals surface area contributed by atoms with Crippen LogP contribution in [-0.2, 0) is 11.8 Å². The molecule has 0 heterocycles. The number of hydrogen-bond acceptors (Lipinski definition) is 1. The first kappa shape index (κ1) is 20.3. The summed E-state index contributed by atoms with van der Waals surface area (Å²) >= 11 is 0. The van der Waals surface area contributed by atoms with E-state index in [9.17, 15) is 0 Å². The van der Waals surface area contributed by atoms with Gasteiger partial charge in [0.25, 0.3) is 0 Å². The third-order valence-corrected chi connectivity index (χ3v) is 7.85. The molecular weight excluding hydrogens is 422 g/mol. The third-order valence-electron chi connectivity index (χ3n) is 7.85. The highest BCUT2D eigenvalue weighted by atomic mass is 14.9. The topological polar surface area (TPSA) is 12.0 Å². The summed E-state index contributed by atoms with van der Waals surface area (Å²) in [5.41, 5.74) is 16.1. The van der Waals surface area contributed by atoms with Gasteiger partial charge in [0.15, 0.2) is 0 Å². The van der Waals surface area contributed by atoms with Gasteiger partial charge in [-0.1, -0.05) is 98.8 Å². The molecule has 5 aromatic carbocycles. The van der Waals surface area contributed by atoms with E-state index in [1.54, 1.807) is 0 Å². The average molecular weight is 450 g/mol. The zero-order chi connectivity index (χ0) is 23.6. The Bertz CT molecular complexity index is 1590. The van der Waals surface area contributed by atoms with Gasteiger partial charge in [0.2, 0.25) is 0 Å². The van der Waals surface area contributed by atoms with Crippen molar-refractivity contribution in [2.75, 3.05) is 5.32 Å². The SMILES string of the molecule is CC1(C)c2cc(Nc3ccc(-c4ccccc4)cc3)ccc2-c2ccc3c(c21)-c1ccccc1C3. The highest BCUT2D eigenvalue weighted by Crippen LogP contribution is 2.55. The van der Waals surface area contributed by atoms with Crippen LogP contribution >= 0.6 is 0 Å². The van der Waals surface area contributed by atoms with E-state index >= 15 is 0 Å². The second kappa shape index (κ2) is 7.45. The molecule has 0 radical (unpaired) electrons. The molecule has 168 valence electrons. The van der Waals surface area contributed by atoms with Crippen molar-refractivity contribution in [1.29, 1.82) is 0 Å². The summed E-state index contributed by atoms with van der Waals surface area (Å²) in [6.07, 6.45) is 1.04. The van der Waals surface area contributed by atoms with Gasteiger partial charge in [-0.25, -0.2) is 0 Å². The molecular formula is C34H27N. The van der Waals surface area contributed by atoms with E-state index in [1.165, 1.54) is 55.6 Å². The van der Waals surface area contributed by atoms with E-state index in [1.807, 2.05) is 0 Å². The lowest BCUT2D eigenvalue weighted by atomic mass is 9.78. The van der Waals surface area contributed by atoms with Crippen LogP contribution in [0.4, 0.5) is 11.4 Å². The van der Waals surface area contributed by atoms with Crippen LogP contribution in [0.3, 0.4) is 0 Å². The van der Waals surface area contributed by atoms with Gasteiger partial charge in [-0.2, -0.15) is 0 Å². The average Bonchev–Trinajstić information content (AvgIpc) is 3.37. The minimum Gasteiger partial charge on any atom is -0.356 e. The Hall–Kier alpha value is -4.10. The zero-order valence-corrected chi connectivity index (χ0v) is 20.1. The Morgan fingerprint density at radius 3 is 2.09 bits per heavy atom. The number of rotatable bonds is 3. The molecule has 0 spiro atoms. The molecule has 2 aliphatic carbocycles. The van der Waals surface area contributed by atoms with Crippen molar-refractivity contribution < 1.29 is 0 Å². The van der Waals surface area contributed by atoms with Crippen molar-refractivity contribution in [2.24, 2.45) is 0 Å². The molecule has 0 fully saturated rings. The molecule has 0 bridgehead atoms. The minimum absolute atomic E-state index is 0.0533. The summed E-state index contributed by atoms with van der Waals surface area (Å²) < 4.78 is 0. The van der Waals surface area contributed by atoms with Gasteiger partial charge >= 0.3 is 0 Å². The van der Waals surface area contributed by atoms with Gasteiger partial charge in [0.05, 0.1) is 0 Å². The predicted molar refractivity (Wildman–Crippen MR) is 147 cm³/mol. The van der Waals surface area contributed by atoms with E-state index in [0.717, 1.165) is 17.8 Å². The van der Waals surface area contributed by atoms with Crippen LogP contribution in [0.15, 0.2) is 109 Å². The van der Waals surface area contributed by atoms with Gasteiger partial charge in [-0.15, -0.1) is 0 Å². The van der Waals surface area contributed by atoms with E-state index in [2.05, 4.69) is 128 Å². The molecule has 0 aromatic heterocycles. The van der Waals surface area contributed by atoms with Crippen LogP contribution in [0.1, 0.15) is 36.1 Å². The summed E-state index contributed by atoms with van der Waals surface area (Å²) in [6.45, 7) is 4.77. The lowest BCUT2D eigenvalue weighted by molar-refractivity contribution is 0.662. The normalized spacial score (nSPS) is 14.1. The lowest BCUT2D eigenvalue weighted by Crippen LogP contribution is -2.16. The van der Waals surface area contributed by atoms with Gasteiger partial charge in [-0.3, -0.25) is 0 Å². The standard InChI is InChI=1S/C34H27N/c1-34(2)31-21-27(35-26-15-12-23(13-16-26)22-8-4-3-5-9-22)17-19-29(31)30-18-14-25-20-24-10-6-7-11-28(24)32(25)33(30)34/h3-19,21,35H,20H2,1-2H3. The molecule has 2 aliphatic rings. The molecule has 1 N–H and O–H groups in total. The smallest absolute Gasteiger partial charge is 0.0387 e. The number of benzene rings is 5. The minimum atomic E-state index is -0.0533.